The number of hydrogen-bond acceptors (Lipinski definition) is 4. The zero-order valence-electron chi connectivity index (χ0n) is 6.19. The Kier molecular flexibility index (Phi) is 2.11. The summed E-state index contributed by atoms with van der Waals surface area (Å²) >= 11 is 0. The maximum atomic E-state index is 10.3. The normalized spacial score (nSPS) is 15.5. The van der Waals surface area contributed by atoms with Gasteiger partial charge in [-0.2, -0.15) is 0 Å². The van der Waals surface area contributed by atoms with E-state index in [0.717, 1.165) is 0 Å². The minimum Gasteiger partial charge on any atom is -0.478 e. The second-order valence-corrected chi connectivity index (χ2v) is 2.48. The summed E-state index contributed by atoms with van der Waals surface area (Å²) in [5.74, 6) is -1.46. The van der Waals surface area contributed by atoms with Crippen LogP contribution in [0.1, 0.15) is 5.69 Å². The van der Waals surface area contributed by atoms with E-state index in [1.165, 1.54) is 12.5 Å². The maximum Gasteiger partial charge on any atom is 0.351 e. The number of hydrogen-bond donors (Lipinski definition) is 4. The molecule has 0 aliphatic heterocycles. The van der Waals surface area contributed by atoms with Crippen molar-refractivity contribution in [2.24, 2.45) is 5.73 Å². The molecule has 0 saturated carbocycles. The maximum absolute atomic E-state index is 10.3. The summed E-state index contributed by atoms with van der Waals surface area (Å²) in [6.07, 6.45) is 2.59. The molecule has 1 heterocycles. The van der Waals surface area contributed by atoms with Crippen molar-refractivity contribution in [3.63, 3.8) is 0 Å². The Hall–Kier alpha value is -1.40. The van der Waals surface area contributed by atoms with Crippen LogP contribution in [0.15, 0.2) is 12.5 Å². The number of H-pyrrole nitrogens is 1. The van der Waals surface area contributed by atoms with E-state index in [2.05, 4.69) is 9.97 Å². The van der Waals surface area contributed by atoms with Crippen LogP contribution in [0, 0.1) is 0 Å². The summed E-state index contributed by atoms with van der Waals surface area (Å²) in [7, 11) is 0. The third-order valence-corrected chi connectivity index (χ3v) is 1.39. The van der Waals surface area contributed by atoms with Crippen LogP contribution < -0.4 is 5.73 Å². The van der Waals surface area contributed by atoms with Gasteiger partial charge in [-0.3, -0.25) is 5.73 Å². The topological polar surface area (TPSA) is 112 Å². The molecule has 0 amide bonds. The summed E-state index contributed by atoms with van der Waals surface area (Å²) in [4.78, 5) is 16.6. The Morgan fingerprint density at radius 1 is 1.83 bits per heavy atom. The van der Waals surface area contributed by atoms with Crippen molar-refractivity contribution in [1.82, 2.24) is 9.97 Å². The molecule has 1 aromatic heterocycles. The lowest BCUT2D eigenvalue weighted by Gasteiger charge is -2.15. The summed E-state index contributed by atoms with van der Waals surface area (Å²) in [6, 6.07) is 0. The van der Waals surface area contributed by atoms with Crippen LogP contribution in [-0.2, 0) is 11.2 Å². The van der Waals surface area contributed by atoms with Crippen molar-refractivity contribution < 1.29 is 15.0 Å². The molecule has 1 rings (SSSR count). The third kappa shape index (κ3) is 1.80. The number of imidazole rings is 1. The van der Waals surface area contributed by atoms with Crippen LogP contribution in [-0.4, -0.2) is 31.9 Å². The van der Waals surface area contributed by atoms with E-state index in [0.29, 0.717) is 5.69 Å². The number of aliphatic carboxylic acids is 1. The Labute approximate surface area is 68.0 Å². The second-order valence-electron chi connectivity index (χ2n) is 2.48. The fourth-order valence-corrected chi connectivity index (χ4v) is 0.747. The predicted octanol–water partition coefficient (Wildman–Crippen LogP) is -1.32. The van der Waals surface area contributed by atoms with Gasteiger partial charge in [-0.1, -0.05) is 0 Å². The van der Waals surface area contributed by atoms with E-state index < -0.39 is 11.7 Å². The molecule has 0 aromatic carbocycles. The minimum absolute atomic E-state index is 0.192. The number of nitrogens with two attached hydrogens (primary N) is 1. The van der Waals surface area contributed by atoms with Crippen molar-refractivity contribution >= 4 is 5.97 Å². The number of aliphatic hydroxyl groups is 1. The quantitative estimate of drug-likeness (QED) is 0.421. The van der Waals surface area contributed by atoms with Gasteiger partial charge in [0.05, 0.1) is 6.33 Å². The number of aromatic nitrogens is 2. The average molecular weight is 171 g/mol. The highest BCUT2D eigenvalue weighted by Gasteiger charge is 2.31. The first-order valence-corrected chi connectivity index (χ1v) is 3.24. The fourth-order valence-electron chi connectivity index (χ4n) is 0.747. The molecule has 66 valence electrons. The molecule has 0 spiro atoms. The van der Waals surface area contributed by atoms with Gasteiger partial charge in [0.2, 0.25) is 5.72 Å². The van der Waals surface area contributed by atoms with Gasteiger partial charge in [-0.25, -0.2) is 9.78 Å². The van der Waals surface area contributed by atoms with E-state index in [1.54, 1.807) is 0 Å². The predicted molar refractivity (Wildman–Crippen MR) is 39.1 cm³/mol. The lowest BCUT2D eigenvalue weighted by atomic mass is 10.1. The lowest BCUT2D eigenvalue weighted by molar-refractivity contribution is -0.157. The van der Waals surface area contributed by atoms with Crippen molar-refractivity contribution in [1.29, 1.82) is 0 Å². The molecule has 0 aliphatic rings. The van der Waals surface area contributed by atoms with E-state index in [9.17, 15) is 4.79 Å². The van der Waals surface area contributed by atoms with Crippen LogP contribution >= 0.6 is 0 Å². The Morgan fingerprint density at radius 2 is 2.50 bits per heavy atom. The summed E-state index contributed by atoms with van der Waals surface area (Å²) in [5.41, 5.74) is 3.30. The number of carboxylic acid groups (broad SMARTS) is 1. The first kappa shape index (κ1) is 8.69. The van der Waals surface area contributed by atoms with Crippen molar-refractivity contribution in [2.45, 2.75) is 12.1 Å². The molecule has 6 nitrogen and oxygen atoms in total. The summed E-state index contributed by atoms with van der Waals surface area (Å²) in [5, 5.41) is 17.5. The van der Waals surface area contributed by atoms with Gasteiger partial charge in [0.1, 0.15) is 0 Å². The second kappa shape index (κ2) is 2.92. The SMILES string of the molecule is NC(O)(Cc1cnc[nH]1)C(=O)O. The lowest BCUT2D eigenvalue weighted by Crippen LogP contribution is -2.49. The van der Waals surface area contributed by atoms with Gasteiger partial charge in [0.15, 0.2) is 0 Å². The molecule has 0 fully saturated rings. The monoisotopic (exact) mass is 171 g/mol. The average Bonchev–Trinajstić information content (AvgIpc) is 2.38. The van der Waals surface area contributed by atoms with Crippen LogP contribution in [0.3, 0.4) is 0 Å². The minimum atomic E-state index is -2.23. The van der Waals surface area contributed by atoms with E-state index in [4.69, 9.17) is 15.9 Å². The zero-order valence-corrected chi connectivity index (χ0v) is 6.19. The molecule has 5 N–H and O–H groups in total. The molecule has 1 unspecified atom stereocenters. The Bertz CT molecular complexity index is 268. The zero-order chi connectivity index (χ0) is 9.19. The fraction of sp³-hybridized carbons (Fsp3) is 0.333. The Morgan fingerprint density at radius 3 is 2.92 bits per heavy atom. The van der Waals surface area contributed by atoms with Gasteiger partial charge in [0.25, 0.3) is 0 Å². The highest BCUT2D eigenvalue weighted by Crippen LogP contribution is 2.04. The molecule has 0 bridgehead atoms. The smallest absolute Gasteiger partial charge is 0.351 e. The number of rotatable bonds is 3. The van der Waals surface area contributed by atoms with Crippen molar-refractivity contribution in [3.05, 3.63) is 18.2 Å². The van der Waals surface area contributed by atoms with Gasteiger partial charge >= 0.3 is 5.97 Å². The first-order valence-electron chi connectivity index (χ1n) is 3.24. The van der Waals surface area contributed by atoms with E-state index >= 15 is 0 Å². The number of nitrogens with one attached hydrogen (secondary N) is 1. The number of aromatic amines is 1. The van der Waals surface area contributed by atoms with Crippen LogP contribution in [0.2, 0.25) is 0 Å². The number of nitrogens with zero attached hydrogens (tertiary/aromatic N) is 1. The molecular formula is C6H9N3O3. The van der Waals surface area contributed by atoms with Crippen LogP contribution in [0.5, 0.6) is 0 Å². The number of carbonyl (C=O) groups is 1. The largest absolute Gasteiger partial charge is 0.478 e. The standard InChI is InChI=1S/C6H9N3O3/c7-6(12,5(10)11)1-4-2-8-3-9-4/h2-3,12H,1,7H2,(H,8,9)(H,10,11). The highest BCUT2D eigenvalue weighted by atomic mass is 16.4. The van der Waals surface area contributed by atoms with Crippen molar-refractivity contribution in [2.75, 3.05) is 0 Å². The summed E-state index contributed by atoms with van der Waals surface area (Å²) in [6.45, 7) is 0. The highest BCUT2D eigenvalue weighted by molar-refractivity contribution is 5.76. The van der Waals surface area contributed by atoms with Gasteiger partial charge in [-0.15, -0.1) is 0 Å². The number of carboxylic acids is 1. The Balaban J connectivity index is 2.69. The van der Waals surface area contributed by atoms with Gasteiger partial charge in [0, 0.05) is 18.3 Å². The molecule has 0 aliphatic carbocycles. The van der Waals surface area contributed by atoms with Gasteiger partial charge in [-0.05, 0) is 0 Å². The molecule has 0 saturated heterocycles. The third-order valence-electron chi connectivity index (χ3n) is 1.39. The van der Waals surface area contributed by atoms with E-state index in [1.807, 2.05) is 0 Å². The molecule has 1 atom stereocenters. The van der Waals surface area contributed by atoms with Crippen molar-refractivity contribution in [3.8, 4) is 0 Å². The van der Waals surface area contributed by atoms with Crippen LogP contribution in [0.4, 0.5) is 0 Å². The molecule has 1 aromatic rings. The molecule has 6 heteroatoms. The van der Waals surface area contributed by atoms with E-state index in [-0.39, 0.29) is 6.42 Å². The molecule has 0 radical (unpaired) electrons. The first-order chi connectivity index (χ1) is 5.52. The van der Waals surface area contributed by atoms with Gasteiger partial charge < -0.3 is 15.2 Å². The molecular weight excluding hydrogens is 162 g/mol. The summed E-state index contributed by atoms with van der Waals surface area (Å²) < 4.78 is 0. The van der Waals surface area contributed by atoms with Crippen LogP contribution in [0.25, 0.3) is 0 Å². The molecule has 12 heavy (non-hydrogen) atoms.